The molecule has 2 aromatic rings. The monoisotopic (exact) mass is 318 g/mol. The number of benzene rings is 1. The molecule has 6 heteroatoms. The van der Waals surface area contributed by atoms with Gasteiger partial charge in [0.2, 0.25) is 5.91 Å². The molecule has 1 atom stereocenters. The fourth-order valence-corrected chi connectivity index (χ4v) is 3.13. The van der Waals surface area contributed by atoms with Crippen LogP contribution in [-0.4, -0.2) is 29.3 Å². The molecule has 0 aliphatic carbocycles. The van der Waals surface area contributed by atoms with Crippen LogP contribution in [0.4, 0.5) is 4.39 Å². The molecule has 0 radical (unpaired) electrons. The van der Waals surface area contributed by atoms with Crippen molar-refractivity contribution < 1.29 is 14.0 Å². The highest BCUT2D eigenvalue weighted by Crippen LogP contribution is 2.16. The molecule has 1 unspecified atom stereocenters. The SMILES string of the molecule is O=C(NC1CC(=O)N(Cc2ccc(F)cc2)C1)c1ccsc1. The summed E-state index contributed by atoms with van der Waals surface area (Å²) in [5, 5.41) is 6.50. The molecule has 0 bridgehead atoms. The van der Waals surface area contributed by atoms with Crippen molar-refractivity contribution in [2.24, 2.45) is 0 Å². The Kier molecular flexibility index (Phi) is 4.20. The fourth-order valence-electron chi connectivity index (χ4n) is 2.49. The molecule has 2 amide bonds. The third-order valence-corrected chi connectivity index (χ3v) is 4.30. The van der Waals surface area contributed by atoms with Crippen LogP contribution in [0.2, 0.25) is 0 Å². The van der Waals surface area contributed by atoms with E-state index in [1.165, 1.54) is 23.5 Å². The molecule has 0 saturated carbocycles. The number of nitrogens with one attached hydrogen (secondary N) is 1. The Balaban J connectivity index is 1.58. The minimum absolute atomic E-state index is 0.0000522. The van der Waals surface area contributed by atoms with Gasteiger partial charge in [0.05, 0.1) is 6.04 Å². The topological polar surface area (TPSA) is 49.4 Å². The summed E-state index contributed by atoms with van der Waals surface area (Å²) >= 11 is 1.46. The molecule has 1 fully saturated rings. The minimum Gasteiger partial charge on any atom is -0.347 e. The molecule has 1 aliphatic rings. The lowest BCUT2D eigenvalue weighted by atomic mass is 10.2. The number of thiophene rings is 1. The highest BCUT2D eigenvalue weighted by molar-refractivity contribution is 7.08. The summed E-state index contributed by atoms with van der Waals surface area (Å²) in [6.45, 7) is 0.913. The summed E-state index contributed by atoms with van der Waals surface area (Å²) in [6.07, 6.45) is 0.303. The molecule has 2 heterocycles. The van der Waals surface area contributed by atoms with Crippen molar-refractivity contribution >= 4 is 23.2 Å². The van der Waals surface area contributed by atoms with Gasteiger partial charge in [-0.15, -0.1) is 0 Å². The van der Waals surface area contributed by atoms with Crippen LogP contribution in [0.15, 0.2) is 41.1 Å². The second-order valence-corrected chi connectivity index (χ2v) is 6.07. The lowest BCUT2D eigenvalue weighted by Crippen LogP contribution is -2.36. The van der Waals surface area contributed by atoms with Gasteiger partial charge >= 0.3 is 0 Å². The number of hydrogen-bond donors (Lipinski definition) is 1. The average Bonchev–Trinajstić information content (AvgIpc) is 3.12. The predicted octanol–water partition coefficient (Wildman–Crippen LogP) is 2.42. The number of rotatable bonds is 4. The van der Waals surface area contributed by atoms with Crippen LogP contribution in [0, 0.1) is 5.82 Å². The van der Waals surface area contributed by atoms with Gasteiger partial charge in [-0.25, -0.2) is 4.39 Å². The van der Waals surface area contributed by atoms with E-state index in [0.717, 1.165) is 5.56 Å². The smallest absolute Gasteiger partial charge is 0.252 e. The van der Waals surface area contributed by atoms with E-state index in [2.05, 4.69) is 5.32 Å². The number of carbonyl (C=O) groups is 2. The van der Waals surface area contributed by atoms with Gasteiger partial charge in [0.25, 0.3) is 5.91 Å². The fraction of sp³-hybridized carbons (Fsp3) is 0.250. The zero-order valence-electron chi connectivity index (χ0n) is 11.8. The van der Waals surface area contributed by atoms with Crippen LogP contribution in [0.25, 0.3) is 0 Å². The van der Waals surface area contributed by atoms with E-state index in [1.54, 1.807) is 28.5 Å². The lowest BCUT2D eigenvalue weighted by molar-refractivity contribution is -0.128. The van der Waals surface area contributed by atoms with Crippen molar-refractivity contribution in [3.63, 3.8) is 0 Å². The van der Waals surface area contributed by atoms with Crippen molar-refractivity contribution in [1.82, 2.24) is 10.2 Å². The Labute approximate surface area is 131 Å². The van der Waals surface area contributed by atoms with E-state index in [1.807, 2.05) is 5.38 Å². The number of nitrogens with zero attached hydrogens (tertiary/aromatic N) is 1. The molecule has 3 rings (SSSR count). The Hall–Kier alpha value is -2.21. The number of halogens is 1. The summed E-state index contributed by atoms with van der Waals surface area (Å²) in [6, 6.07) is 7.67. The zero-order valence-corrected chi connectivity index (χ0v) is 12.6. The first-order valence-electron chi connectivity index (χ1n) is 6.97. The maximum atomic E-state index is 12.9. The van der Waals surface area contributed by atoms with Crippen molar-refractivity contribution in [2.45, 2.75) is 19.0 Å². The maximum absolute atomic E-state index is 12.9. The molecular weight excluding hydrogens is 303 g/mol. The minimum atomic E-state index is -0.294. The Morgan fingerprint density at radius 2 is 2.09 bits per heavy atom. The van der Waals surface area contributed by atoms with Crippen LogP contribution >= 0.6 is 11.3 Å². The van der Waals surface area contributed by atoms with Gasteiger partial charge in [0, 0.05) is 30.5 Å². The summed E-state index contributed by atoms with van der Waals surface area (Å²) in [5.41, 5.74) is 1.49. The van der Waals surface area contributed by atoms with E-state index in [9.17, 15) is 14.0 Å². The van der Waals surface area contributed by atoms with Gasteiger partial charge in [-0.1, -0.05) is 12.1 Å². The second kappa shape index (κ2) is 6.27. The summed E-state index contributed by atoms with van der Waals surface area (Å²) in [7, 11) is 0. The van der Waals surface area contributed by atoms with Gasteiger partial charge in [0.1, 0.15) is 5.82 Å². The van der Waals surface area contributed by atoms with Gasteiger partial charge in [-0.2, -0.15) is 11.3 Å². The van der Waals surface area contributed by atoms with Crippen LogP contribution in [-0.2, 0) is 11.3 Å². The molecule has 1 aliphatic heterocycles. The molecule has 1 saturated heterocycles. The molecule has 22 heavy (non-hydrogen) atoms. The second-order valence-electron chi connectivity index (χ2n) is 5.29. The van der Waals surface area contributed by atoms with Crippen LogP contribution in [0.1, 0.15) is 22.3 Å². The van der Waals surface area contributed by atoms with Gasteiger partial charge in [0.15, 0.2) is 0 Å². The standard InChI is InChI=1S/C16H15FN2O2S/c17-13-3-1-11(2-4-13)8-19-9-14(7-15(19)20)18-16(21)12-5-6-22-10-12/h1-6,10,14H,7-9H2,(H,18,21). The van der Waals surface area contributed by atoms with E-state index in [-0.39, 0.29) is 23.7 Å². The van der Waals surface area contributed by atoms with Gasteiger partial charge in [-0.3, -0.25) is 9.59 Å². The molecule has 1 N–H and O–H groups in total. The third-order valence-electron chi connectivity index (χ3n) is 3.62. The van der Waals surface area contributed by atoms with E-state index < -0.39 is 0 Å². The first kappa shape index (κ1) is 14.7. The highest BCUT2D eigenvalue weighted by atomic mass is 32.1. The number of carbonyl (C=O) groups excluding carboxylic acids is 2. The van der Waals surface area contributed by atoms with Crippen molar-refractivity contribution in [3.8, 4) is 0 Å². The lowest BCUT2D eigenvalue weighted by Gasteiger charge is -2.17. The van der Waals surface area contributed by atoms with Gasteiger partial charge in [-0.05, 0) is 29.1 Å². The quantitative estimate of drug-likeness (QED) is 0.941. The van der Waals surface area contributed by atoms with Crippen molar-refractivity contribution in [1.29, 1.82) is 0 Å². The number of hydrogen-bond acceptors (Lipinski definition) is 3. The van der Waals surface area contributed by atoms with Crippen LogP contribution in [0.5, 0.6) is 0 Å². The normalized spacial score (nSPS) is 17.8. The van der Waals surface area contributed by atoms with Crippen LogP contribution < -0.4 is 5.32 Å². The molecule has 0 spiro atoms. The highest BCUT2D eigenvalue weighted by Gasteiger charge is 2.30. The average molecular weight is 318 g/mol. The summed E-state index contributed by atoms with van der Waals surface area (Å²) in [4.78, 5) is 25.7. The Bertz CT molecular complexity index is 670. The molecule has 114 valence electrons. The molecule has 1 aromatic heterocycles. The predicted molar refractivity (Wildman–Crippen MR) is 82.0 cm³/mol. The Morgan fingerprint density at radius 3 is 2.77 bits per heavy atom. The van der Waals surface area contributed by atoms with Gasteiger partial charge < -0.3 is 10.2 Å². The maximum Gasteiger partial charge on any atom is 0.252 e. The first-order chi connectivity index (χ1) is 10.6. The van der Waals surface area contributed by atoms with E-state index in [4.69, 9.17) is 0 Å². The Morgan fingerprint density at radius 1 is 1.32 bits per heavy atom. The third kappa shape index (κ3) is 3.33. The molecular formula is C16H15FN2O2S. The number of likely N-dealkylation sites (tertiary alicyclic amines) is 1. The van der Waals surface area contributed by atoms with E-state index >= 15 is 0 Å². The molecule has 1 aromatic carbocycles. The summed E-state index contributed by atoms with van der Waals surface area (Å²) in [5.74, 6) is -0.444. The van der Waals surface area contributed by atoms with Crippen LogP contribution in [0.3, 0.4) is 0 Å². The van der Waals surface area contributed by atoms with E-state index in [0.29, 0.717) is 25.1 Å². The zero-order chi connectivity index (χ0) is 15.5. The molecule has 4 nitrogen and oxygen atoms in total. The number of amides is 2. The summed E-state index contributed by atoms with van der Waals surface area (Å²) < 4.78 is 12.9. The largest absolute Gasteiger partial charge is 0.347 e. The van der Waals surface area contributed by atoms with Crippen molar-refractivity contribution in [3.05, 3.63) is 58.0 Å². The van der Waals surface area contributed by atoms with Crippen molar-refractivity contribution in [2.75, 3.05) is 6.54 Å². The first-order valence-corrected chi connectivity index (χ1v) is 7.91.